The number of thioether (sulfide) groups is 1. The van der Waals surface area contributed by atoms with Gasteiger partial charge in [0.05, 0.1) is 17.1 Å². The SMILES string of the molecule is O=C1CN(C(=O)CSc2nnc(Nc3ccc(OC(F)(F)F)cc3)s2)c2ccccc2N1. The van der Waals surface area contributed by atoms with Gasteiger partial charge in [-0.1, -0.05) is 35.2 Å². The fraction of sp³-hybridized carbons (Fsp3) is 0.158. The molecule has 2 N–H and O–H groups in total. The summed E-state index contributed by atoms with van der Waals surface area (Å²) in [6.07, 6.45) is -4.75. The highest BCUT2D eigenvalue weighted by atomic mass is 32.2. The molecular formula is C19H14F3N5O3S2. The van der Waals surface area contributed by atoms with E-state index in [1.54, 1.807) is 24.3 Å². The van der Waals surface area contributed by atoms with E-state index in [0.717, 1.165) is 0 Å². The molecule has 1 aromatic heterocycles. The quantitative estimate of drug-likeness (QED) is 0.508. The number of aromatic nitrogens is 2. The molecule has 13 heteroatoms. The summed E-state index contributed by atoms with van der Waals surface area (Å²) >= 11 is 2.36. The number of hydrogen-bond donors (Lipinski definition) is 2. The molecule has 0 aliphatic carbocycles. The summed E-state index contributed by atoms with van der Waals surface area (Å²) in [5.41, 5.74) is 1.71. The maximum atomic E-state index is 12.7. The molecule has 166 valence electrons. The Morgan fingerprint density at radius 1 is 1.19 bits per heavy atom. The fourth-order valence-electron chi connectivity index (χ4n) is 2.84. The van der Waals surface area contributed by atoms with Crippen molar-refractivity contribution in [1.29, 1.82) is 0 Å². The molecule has 0 bridgehead atoms. The van der Waals surface area contributed by atoms with Gasteiger partial charge >= 0.3 is 6.36 Å². The number of ether oxygens (including phenoxy) is 1. The molecule has 2 amide bonds. The van der Waals surface area contributed by atoms with E-state index < -0.39 is 6.36 Å². The molecule has 0 spiro atoms. The number of amides is 2. The predicted molar refractivity (Wildman–Crippen MR) is 114 cm³/mol. The third kappa shape index (κ3) is 5.48. The second kappa shape index (κ2) is 9.04. The number of rotatable bonds is 6. The van der Waals surface area contributed by atoms with E-state index in [9.17, 15) is 22.8 Å². The van der Waals surface area contributed by atoms with Crippen molar-refractivity contribution < 1.29 is 27.5 Å². The Bertz CT molecular complexity index is 1140. The number of fused-ring (bicyclic) bond motifs is 1. The molecule has 32 heavy (non-hydrogen) atoms. The smallest absolute Gasteiger partial charge is 0.406 e. The van der Waals surface area contributed by atoms with Crippen LogP contribution in [0.1, 0.15) is 0 Å². The van der Waals surface area contributed by atoms with Crippen LogP contribution in [0.2, 0.25) is 0 Å². The minimum Gasteiger partial charge on any atom is -0.406 e. The summed E-state index contributed by atoms with van der Waals surface area (Å²) in [6.45, 7) is -0.0621. The van der Waals surface area contributed by atoms with Crippen LogP contribution in [0, 0.1) is 0 Å². The minimum absolute atomic E-state index is 0.0553. The van der Waals surface area contributed by atoms with Crippen LogP contribution in [-0.2, 0) is 9.59 Å². The first-order valence-corrected chi connectivity index (χ1v) is 10.9. The van der Waals surface area contributed by atoms with Gasteiger partial charge in [-0.2, -0.15) is 0 Å². The van der Waals surface area contributed by atoms with E-state index in [2.05, 4.69) is 25.6 Å². The van der Waals surface area contributed by atoms with Crippen LogP contribution < -0.4 is 20.3 Å². The zero-order valence-corrected chi connectivity index (χ0v) is 17.7. The standard InChI is InChI=1S/C19H14F3N5O3S2/c20-19(21,22)30-12-7-5-11(6-8-12)23-17-25-26-18(32-17)31-10-16(29)27-9-15(28)24-13-3-1-2-4-14(13)27/h1-8H,9-10H2,(H,23,25)(H,24,28). The minimum atomic E-state index is -4.75. The third-order valence-corrected chi connectivity index (χ3v) is 6.09. The van der Waals surface area contributed by atoms with Crippen LogP contribution in [0.25, 0.3) is 0 Å². The molecular weight excluding hydrogens is 467 g/mol. The van der Waals surface area contributed by atoms with Gasteiger partial charge in [-0.05, 0) is 36.4 Å². The summed E-state index contributed by atoms with van der Waals surface area (Å²) in [6, 6.07) is 12.2. The van der Waals surface area contributed by atoms with Crippen LogP contribution in [0.3, 0.4) is 0 Å². The van der Waals surface area contributed by atoms with E-state index in [1.807, 2.05) is 0 Å². The summed E-state index contributed by atoms with van der Waals surface area (Å²) < 4.78 is 41.0. The fourth-order valence-corrected chi connectivity index (χ4v) is 4.49. The van der Waals surface area contributed by atoms with E-state index in [0.29, 0.717) is 26.5 Å². The van der Waals surface area contributed by atoms with Gasteiger partial charge in [0.25, 0.3) is 0 Å². The maximum Gasteiger partial charge on any atom is 0.573 e. The molecule has 8 nitrogen and oxygen atoms in total. The van der Waals surface area contributed by atoms with Crippen LogP contribution in [-0.4, -0.2) is 40.7 Å². The number of alkyl halides is 3. The largest absolute Gasteiger partial charge is 0.573 e. The zero-order valence-electron chi connectivity index (χ0n) is 16.0. The summed E-state index contributed by atoms with van der Waals surface area (Å²) in [5.74, 6) is -0.791. The second-order valence-corrected chi connectivity index (χ2v) is 8.60. The van der Waals surface area contributed by atoms with Crippen molar-refractivity contribution in [2.45, 2.75) is 10.7 Å². The number of carbonyl (C=O) groups is 2. The Balaban J connectivity index is 1.34. The van der Waals surface area contributed by atoms with Crippen LogP contribution in [0.15, 0.2) is 52.9 Å². The lowest BCUT2D eigenvalue weighted by molar-refractivity contribution is -0.274. The molecule has 3 aromatic rings. The van der Waals surface area contributed by atoms with E-state index in [4.69, 9.17) is 0 Å². The Kier molecular flexibility index (Phi) is 6.19. The van der Waals surface area contributed by atoms with Gasteiger partial charge in [0.2, 0.25) is 16.9 Å². The lowest BCUT2D eigenvalue weighted by atomic mass is 10.2. The van der Waals surface area contributed by atoms with Gasteiger partial charge in [-0.15, -0.1) is 23.4 Å². The highest BCUT2D eigenvalue weighted by molar-refractivity contribution is 8.01. The number of para-hydroxylation sites is 2. The number of carbonyl (C=O) groups excluding carboxylic acids is 2. The van der Waals surface area contributed by atoms with Gasteiger partial charge in [0, 0.05) is 5.69 Å². The molecule has 0 radical (unpaired) electrons. The highest BCUT2D eigenvalue weighted by Crippen LogP contribution is 2.32. The number of anilines is 4. The first-order valence-electron chi connectivity index (χ1n) is 9.05. The van der Waals surface area contributed by atoms with Gasteiger partial charge < -0.3 is 20.3 Å². The molecule has 1 aliphatic rings. The third-order valence-electron chi connectivity index (χ3n) is 4.14. The molecule has 4 rings (SSSR count). The van der Waals surface area contributed by atoms with Gasteiger partial charge in [-0.3, -0.25) is 9.59 Å². The highest BCUT2D eigenvalue weighted by Gasteiger charge is 2.31. The van der Waals surface area contributed by atoms with E-state index >= 15 is 0 Å². The van der Waals surface area contributed by atoms with E-state index in [-0.39, 0.29) is 29.9 Å². The normalized spacial score (nSPS) is 13.3. The van der Waals surface area contributed by atoms with Gasteiger partial charge in [0.15, 0.2) is 4.34 Å². The number of nitrogens with zero attached hydrogens (tertiary/aromatic N) is 3. The van der Waals surface area contributed by atoms with Crippen LogP contribution in [0.4, 0.5) is 35.4 Å². The topological polar surface area (TPSA) is 96.5 Å². The van der Waals surface area contributed by atoms with Crippen molar-refractivity contribution in [2.75, 3.05) is 27.8 Å². The molecule has 0 unspecified atom stereocenters. The monoisotopic (exact) mass is 481 g/mol. The molecule has 2 aromatic carbocycles. The molecule has 0 saturated carbocycles. The number of benzene rings is 2. The van der Waals surface area contributed by atoms with Crippen molar-refractivity contribution >= 4 is 57.1 Å². The molecule has 2 heterocycles. The van der Waals surface area contributed by atoms with Crippen LogP contribution in [0.5, 0.6) is 5.75 Å². The predicted octanol–water partition coefficient (Wildman–Crippen LogP) is 4.26. The van der Waals surface area contributed by atoms with Gasteiger partial charge in [-0.25, -0.2) is 0 Å². The first kappa shape index (κ1) is 21.9. The van der Waals surface area contributed by atoms with Gasteiger partial charge in [0.1, 0.15) is 12.3 Å². The number of hydrogen-bond acceptors (Lipinski definition) is 8. The van der Waals surface area contributed by atoms with Crippen molar-refractivity contribution in [3.05, 3.63) is 48.5 Å². The Morgan fingerprint density at radius 3 is 2.69 bits per heavy atom. The molecule has 0 fully saturated rings. The average molecular weight is 481 g/mol. The Labute approximate surface area is 187 Å². The number of nitrogens with one attached hydrogen (secondary N) is 2. The summed E-state index contributed by atoms with van der Waals surface area (Å²) in [4.78, 5) is 26.0. The number of halogens is 3. The lowest BCUT2D eigenvalue weighted by Gasteiger charge is -2.28. The maximum absolute atomic E-state index is 12.7. The Hall–Kier alpha value is -3.32. The summed E-state index contributed by atoms with van der Waals surface area (Å²) in [5, 5.41) is 14.0. The van der Waals surface area contributed by atoms with E-state index in [1.165, 1.54) is 52.3 Å². The molecule has 0 saturated heterocycles. The Morgan fingerprint density at radius 2 is 1.94 bits per heavy atom. The van der Waals surface area contributed by atoms with Crippen LogP contribution >= 0.6 is 23.1 Å². The van der Waals surface area contributed by atoms with Crippen molar-refractivity contribution in [3.63, 3.8) is 0 Å². The first-order chi connectivity index (χ1) is 15.3. The van der Waals surface area contributed by atoms with Crippen molar-refractivity contribution in [1.82, 2.24) is 10.2 Å². The lowest BCUT2D eigenvalue weighted by Crippen LogP contribution is -2.43. The van der Waals surface area contributed by atoms with Crippen molar-refractivity contribution in [2.24, 2.45) is 0 Å². The second-order valence-electron chi connectivity index (χ2n) is 6.40. The molecule has 0 atom stereocenters. The molecule has 1 aliphatic heterocycles. The zero-order chi connectivity index (χ0) is 22.7. The van der Waals surface area contributed by atoms with Crippen molar-refractivity contribution in [3.8, 4) is 5.75 Å². The summed E-state index contributed by atoms with van der Waals surface area (Å²) in [7, 11) is 0. The average Bonchev–Trinajstić information content (AvgIpc) is 3.19.